The maximum atomic E-state index is 11.2. The maximum Gasteiger partial charge on any atom is 0.140 e. The Morgan fingerprint density at radius 2 is 2.40 bits per heavy atom. The maximum absolute atomic E-state index is 11.2. The van der Waals surface area contributed by atoms with E-state index in [2.05, 4.69) is 19.1 Å². The van der Waals surface area contributed by atoms with Gasteiger partial charge in [-0.25, -0.2) is 0 Å². The quantitative estimate of drug-likeness (QED) is 0.464. The molecule has 0 heterocycles. The van der Waals surface area contributed by atoms with Gasteiger partial charge in [0, 0.05) is 12.3 Å². The summed E-state index contributed by atoms with van der Waals surface area (Å²) in [6, 6.07) is 0. The molecule has 0 aromatic heterocycles. The minimum absolute atomic E-state index is 0.301. The van der Waals surface area contributed by atoms with Gasteiger partial charge in [-0.3, -0.25) is 4.79 Å². The zero-order valence-corrected chi connectivity index (χ0v) is 6.21. The molecule has 54 valence electrons. The molecule has 2 rings (SSSR count). The molecule has 0 amide bonds. The Balaban J connectivity index is 2.25. The van der Waals surface area contributed by atoms with Crippen LogP contribution in [0.25, 0.3) is 0 Å². The van der Waals surface area contributed by atoms with Crippen LogP contribution in [0.15, 0.2) is 12.2 Å². The van der Waals surface area contributed by atoms with E-state index in [4.69, 9.17) is 0 Å². The van der Waals surface area contributed by atoms with E-state index in [1.54, 1.807) is 0 Å². The van der Waals surface area contributed by atoms with Crippen LogP contribution in [0, 0.1) is 17.8 Å². The summed E-state index contributed by atoms with van der Waals surface area (Å²) in [7, 11) is 0. The van der Waals surface area contributed by atoms with E-state index in [0.29, 0.717) is 23.5 Å². The van der Waals surface area contributed by atoms with Crippen LogP contribution in [0.2, 0.25) is 0 Å². The smallest absolute Gasteiger partial charge is 0.140 e. The van der Waals surface area contributed by atoms with Crippen molar-refractivity contribution in [2.45, 2.75) is 19.8 Å². The number of carbonyl (C=O) groups is 1. The molecule has 2 aliphatic rings. The Kier molecular flexibility index (Phi) is 1.19. The number of Topliss-reactive ketones (excluding diaryl/α,β-unsaturated/α-hetero) is 1. The molecule has 1 heteroatoms. The number of hydrogen-bond donors (Lipinski definition) is 0. The highest BCUT2D eigenvalue weighted by Gasteiger charge is 2.39. The van der Waals surface area contributed by atoms with E-state index in [1.165, 1.54) is 0 Å². The van der Waals surface area contributed by atoms with Crippen molar-refractivity contribution in [3.63, 3.8) is 0 Å². The molecule has 10 heavy (non-hydrogen) atoms. The molecule has 0 N–H and O–H groups in total. The van der Waals surface area contributed by atoms with Gasteiger partial charge >= 0.3 is 0 Å². The Bertz CT molecular complexity index is 193. The lowest BCUT2D eigenvalue weighted by atomic mass is 9.93. The Morgan fingerprint density at radius 3 is 3.10 bits per heavy atom. The highest BCUT2D eigenvalue weighted by Crippen LogP contribution is 2.41. The molecule has 2 aliphatic carbocycles. The standard InChI is InChI=1S/C9H12O/c1-6-5-9(10)8-4-2-3-7(6)8/h2,4,6-8H,3,5H2,1H3/t6-,7+,8+/m0/s1. The first-order valence-corrected chi connectivity index (χ1v) is 3.98. The monoisotopic (exact) mass is 136 g/mol. The van der Waals surface area contributed by atoms with Gasteiger partial charge in [0.1, 0.15) is 5.78 Å². The molecular formula is C9H12O. The third-order valence-corrected chi connectivity index (χ3v) is 2.84. The Morgan fingerprint density at radius 1 is 1.60 bits per heavy atom. The summed E-state index contributed by atoms with van der Waals surface area (Å²) >= 11 is 0. The van der Waals surface area contributed by atoms with Crippen LogP contribution >= 0.6 is 0 Å². The van der Waals surface area contributed by atoms with Gasteiger partial charge in [0.25, 0.3) is 0 Å². The van der Waals surface area contributed by atoms with Gasteiger partial charge in [0.2, 0.25) is 0 Å². The average molecular weight is 136 g/mol. The predicted molar refractivity (Wildman–Crippen MR) is 39.5 cm³/mol. The molecule has 0 radical (unpaired) electrons. The van der Waals surface area contributed by atoms with Crippen molar-refractivity contribution >= 4 is 5.78 Å². The van der Waals surface area contributed by atoms with Crippen LogP contribution in [0.1, 0.15) is 19.8 Å². The molecule has 0 unspecified atom stereocenters. The van der Waals surface area contributed by atoms with Gasteiger partial charge in [-0.2, -0.15) is 0 Å². The van der Waals surface area contributed by atoms with Crippen molar-refractivity contribution in [3.8, 4) is 0 Å². The second kappa shape index (κ2) is 1.94. The minimum Gasteiger partial charge on any atom is -0.299 e. The summed E-state index contributed by atoms with van der Waals surface area (Å²) in [5.41, 5.74) is 0. The van der Waals surface area contributed by atoms with E-state index < -0.39 is 0 Å². The molecule has 0 aliphatic heterocycles. The summed E-state index contributed by atoms with van der Waals surface area (Å²) in [4.78, 5) is 11.2. The fourth-order valence-electron chi connectivity index (χ4n) is 2.21. The van der Waals surface area contributed by atoms with Crippen molar-refractivity contribution in [3.05, 3.63) is 12.2 Å². The van der Waals surface area contributed by atoms with Gasteiger partial charge in [0.05, 0.1) is 0 Å². The van der Waals surface area contributed by atoms with E-state index in [-0.39, 0.29) is 0 Å². The predicted octanol–water partition coefficient (Wildman–Crippen LogP) is 1.79. The van der Waals surface area contributed by atoms with Crippen molar-refractivity contribution < 1.29 is 4.79 Å². The molecule has 0 saturated heterocycles. The highest BCUT2D eigenvalue weighted by atomic mass is 16.1. The molecule has 0 aromatic rings. The molecular weight excluding hydrogens is 124 g/mol. The van der Waals surface area contributed by atoms with E-state index in [0.717, 1.165) is 12.8 Å². The first-order valence-electron chi connectivity index (χ1n) is 3.98. The second-order valence-electron chi connectivity index (χ2n) is 3.50. The lowest BCUT2D eigenvalue weighted by Gasteiger charge is -2.10. The molecule has 0 aromatic carbocycles. The Hall–Kier alpha value is -0.590. The van der Waals surface area contributed by atoms with Crippen LogP contribution in [-0.2, 0) is 4.79 Å². The zero-order valence-electron chi connectivity index (χ0n) is 6.21. The highest BCUT2D eigenvalue weighted by molar-refractivity contribution is 5.86. The largest absolute Gasteiger partial charge is 0.299 e. The van der Waals surface area contributed by atoms with E-state index in [9.17, 15) is 4.79 Å². The number of ketones is 1. The van der Waals surface area contributed by atoms with Crippen LogP contribution in [-0.4, -0.2) is 5.78 Å². The number of rotatable bonds is 0. The summed E-state index contributed by atoms with van der Waals surface area (Å²) < 4.78 is 0. The van der Waals surface area contributed by atoms with Crippen molar-refractivity contribution in [2.24, 2.45) is 17.8 Å². The third kappa shape index (κ3) is 0.664. The van der Waals surface area contributed by atoms with E-state index >= 15 is 0 Å². The van der Waals surface area contributed by atoms with Gasteiger partial charge in [0.15, 0.2) is 0 Å². The molecule has 0 spiro atoms. The van der Waals surface area contributed by atoms with Crippen molar-refractivity contribution in [2.75, 3.05) is 0 Å². The van der Waals surface area contributed by atoms with Crippen LogP contribution < -0.4 is 0 Å². The fourth-order valence-corrected chi connectivity index (χ4v) is 2.21. The normalized spacial score (nSPS) is 44.5. The van der Waals surface area contributed by atoms with Crippen LogP contribution in [0.3, 0.4) is 0 Å². The summed E-state index contributed by atoms with van der Waals surface area (Å²) in [6.45, 7) is 2.19. The average Bonchev–Trinajstić information content (AvgIpc) is 2.39. The summed E-state index contributed by atoms with van der Waals surface area (Å²) in [5.74, 6) is 2.06. The second-order valence-corrected chi connectivity index (χ2v) is 3.50. The van der Waals surface area contributed by atoms with Gasteiger partial charge < -0.3 is 0 Å². The van der Waals surface area contributed by atoms with Crippen molar-refractivity contribution in [1.29, 1.82) is 0 Å². The topological polar surface area (TPSA) is 17.1 Å². The van der Waals surface area contributed by atoms with Crippen LogP contribution in [0.5, 0.6) is 0 Å². The van der Waals surface area contributed by atoms with Gasteiger partial charge in [-0.15, -0.1) is 0 Å². The third-order valence-electron chi connectivity index (χ3n) is 2.84. The fraction of sp³-hybridized carbons (Fsp3) is 0.667. The van der Waals surface area contributed by atoms with E-state index in [1.807, 2.05) is 0 Å². The van der Waals surface area contributed by atoms with Crippen LogP contribution in [0.4, 0.5) is 0 Å². The van der Waals surface area contributed by atoms with Gasteiger partial charge in [-0.1, -0.05) is 19.1 Å². The summed E-state index contributed by atoms with van der Waals surface area (Å²) in [5, 5.41) is 0. The lowest BCUT2D eigenvalue weighted by Crippen LogP contribution is -2.08. The number of hydrogen-bond acceptors (Lipinski definition) is 1. The molecule has 1 nitrogen and oxygen atoms in total. The number of carbonyl (C=O) groups excluding carboxylic acids is 1. The first-order chi connectivity index (χ1) is 4.79. The summed E-state index contributed by atoms with van der Waals surface area (Å²) in [6.07, 6.45) is 6.20. The lowest BCUT2D eigenvalue weighted by molar-refractivity contribution is -0.119. The molecule has 3 atom stereocenters. The molecule has 0 bridgehead atoms. The zero-order chi connectivity index (χ0) is 7.14. The first kappa shape index (κ1) is 6.14. The molecule has 1 saturated carbocycles. The number of allylic oxidation sites excluding steroid dienone is 2. The minimum atomic E-state index is 0.301. The Labute approximate surface area is 61.1 Å². The number of fused-ring (bicyclic) bond motifs is 1. The van der Waals surface area contributed by atoms with Gasteiger partial charge in [-0.05, 0) is 18.3 Å². The molecule has 1 fully saturated rings. The SMILES string of the molecule is C[C@H]1CC(=O)[C@@H]2C=CC[C@H]12. The van der Waals surface area contributed by atoms with Crippen molar-refractivity contribution in [1.82, 2.24) is 0 Å².